The first-order chi connectivity index (χ1) is 9.77. The number of benzene rings is 1. The number of hydrogen-bond donors (Lipinski definition) is 0. The van der Waals surface area contributed by atoms with E-state index in [4.69, 9.17) is 4.74 Å². The molecule has 0 amide bonds. The van der Waals surface area contributed by atoms with Crippen molar-refractivity contribution in [1.29, 1.82) is 0 Å². The third-order valence-electron chi connectivity index (χ3n) is 3.54. The molecule has 0 aliphatic heterocycles. The summed E-state index contributed by atoms with van der Waals surface area (Å²) < 4.78 is 5.68. The molecule has 1 aromatic rings. The van der Waals surface area contributed by atoms with E-state index in [0.29, 0.717) is 5.56 Å². The minimum Gasteiger partial charge on any atom is -0.459 e. The summed E-state index contributed by atoms with van der Waals surface area (Å²) in [6, 6.07) is 9.29. The van der Waals surface area contributed by atoms with Gasteiger partial charge in [0.15, 0.2) is 0 Å². The number of rotatable bonds is 10. The third-order valence-corrected chi connectivity index (χ3v) is 3.54. The molecule has 1 unspecified atom stereocenters. The van der Waals surface area contributed by atoms with Gasteiger partial charge in [0.25, 0.3) is 0 Å². The number of carbonyl (C=O) groups is 1. The molecule has 112 valence electrons. The Morgan fingerprint density at radius 1 is 0.950 bits per heavy atom. The molecular formula is C18H28O2. The maximum atomic E-state index is 12.1. The summed E-state index contributed by atoms with van der Waals surface area (Å²) in [5.41, 5.74) is 0.655. The Morgan fingerprint density at radius 2 is 1.60 bits per heavy atom. The predicted molar refractivity (Wildman–Crippen MR) is 83.9 cm³/mol. The fourth-order valence-corrected chi connectivity index (χ4v) is 2.29. The van der Waals surface area contributed by atoms with Gasteiger partial charge in [-0.3, -0.25) is 0 Å². The van der Waals surface area contributed by atoms with Crippen LogP contribution in [-0.2, 0) is 4.74 Å². The van der Waals surface area contributed by atoms with E-state index in [9.17, 15) is 4.79 Å². The molecule has 0 N–H and O–H groups in total. The van der Waals surface area contributed by atoms with Crippen molar-refractivity contribution in [1.82, 2.24) is 0 Å². The second-order valence-corrected chi connectivity index (χ2v) is 5.38. The number of carbonyl (C=O) groups excluding carboxylic acids is 1. The molecule has 0 saturated heterocycles. The lowest BCUT2D eigenvalue weighted by Crippen LogP contribution is -2.18. The quantitative estimate of drug-likeness (QED) is 0.424. The molecule has 0 saturated carbocycles. The van der Waals surface area contributed by atoms with Crippen LogP contribution in [0.15, 0.2) is 30.3 Å². The smallest absolute Gasteiger partial charge is 0.338 e. The fourth-order valence-electron chi connectivity index (χ4n) is 2.29. The van der Waals surface area contributed by atoms with Crippen LogP contribution in [0.25, 0.3) is 0 Å². The highest BCUT2D eigenvalue weighted by Gasteiger charge is 2.15. The minimum atomic E-state index is -0.179. The summed E-state index contributed by atoms with van der Waals surface area (Å²) in [4.78, 5) is 12.1. The Morgan fingerprint density at radius 3 is 2.25 bits per heavy atom. The van der Waals surface area contributed by atoms with Crippen molar-refractivity contribution in [3.05, 3.63) is 35.9 Å². The molecule has 2 nitrogen and oxygen atoms in total. The van der Waals surface area contributed by atoms with Gasteiger partial charge in [0.1, 0.15) is 6.10 Å². The SMILES string of the molecule is CCCCCCC(CCCC)OC(=O)c1ccccc1. The van der Waals surface area contributed by atoms with Crippen LogP contribution in [0.4, 0.5) is 0 Å². The Balaban J connectivity index is 2.44. The van der Waals surface area contributed by atoms with Gasteiger partial charge in [-0.05, 0) is 31.4 Å². The van der Waals surface area contributed by atoms with Gasteiger partial charge >= 0.3 is 5.97 Å². The molecule has 0 spiro atoms. The zero-order valence-corrected chi connectivity index (χ0v) is 12.9. The van der Waals surface area contributed by atoms with Gasteiger partial charge in [-0.2, -0.15) is 0 Å². The van der Waals surface area contributed by atoms with Gasteiger partial charge < -0.3 is 4.74 Å². The summed E-state index contributed by atoms with van der Waals surface area (Å²) in [6.45, 7) is 4.39. The topological polar surface area (TPSA) is 26.3 Å². The van der Waals surface area contributed by atoms with Gasteiger partial charge in [0.2, 0.25) is 0 Å². The van der Waals surface area contributed by atoms with Crippen LogP contribution in [0.5, 0.6) is 0 Å². The Kier molecular flexibility index (Phi) is 8.77. The van der Waals surface area contributed by atoms with Crippen molar-refractivity contribution in [3.8, 4) is 0 Å². The molecule has 1 atom stereocenters. The summed E-state index contributed by atoms with van der Waals surface area (Å²) in [7, 11) is 0. The van der Waals surface area contributed by atoms with Gasteiger partial charge in [-0.1, -0.05) is 64.2 Å². The van der Waals surface area contributed by atoms with Crippen LogP contribution in [0.3, 0.4) is 0 Å². The summed E-state index contributed by atoms with van der Waals surface area (Å²) in [5, 5.41) is 0. The van der Waals surface area contributed by atoms with E-state index in [-0.39, 0.29) is 12.1 Å². The van der Waals surface area contributed by atoms with Gasteiger partial charge in [-0.15, -0.1) is 0 Å². The molecule has 0 bridgehead atoms. The first-order valence-electron chi connectivity index (χ1n) is 8.04. The van der Waals surface area contributed by atoms with Crippen LogP contribution in [0.1, 0.15) is 75.6 Å². The molecule has 1 aromatic carbocycles. The molecule has 0 aliphatic carbocycles. The summed E-state index contributed by atoms with van der Waals surface area (Å²) in [6.07, 6.45) is 9.25. The average molecular weight is 276 g/mol. The van der Waals surface area contributed by atoms with Crippen LogP contribution in [0.2, 0.25) is 0 Å². The Hall–Kier alpha value is -1.31. The van der Waals surface area contributed by atoms with Crippen LogP contribution < -0.4 is 0 Å². The van der Waals surface area contributed by atoms with Crippen molar-refractivity contribution < 1.29 is 9.53 Å². The van der Waals surface area contributed by atoms with Crippen molar-refractivity contribution in [3.63, 3.8) is 0 Å². The maximum Gasteiger partial charge on any atom is 0.338 e. The molecular weight excluding hydrogens is 248 g/mol. The van der Waals surface area contributed by atoms with Crippen LogP contribution in [0, 0.1) is 0 Å². The first kappa shape index (κ1) is 16.7. The van der Waals surface area contributed by atoms with Crippen molar-refractivity contribution >= 4 is 5.97 Å². The zero-order valence-electron chi connectivity index (χ0n) is 12.9. The largest absolute Gasteiger partial charge is 0.459 e. The summed E-state index contributed by atoms with van der Waals surface area (Å²) in [5.74, 6) is -0.179. The molecule has 2 heteroatoms. The Labute approximate surface area is 123 Å². The molecule has 0 radical (unpaired) electrons. The van der Waals surface area contributed by atoms with Gasteiger partial charge in [0.05, 0.1) is 5.56 Å². The lowest BCUT2D eigenvalue weighted by Gasteiger charge is -2.17. The lowest BCUT2D eigenvalue weighted by atomic mass is 10.0. The monoisotopic (exact) mass is 276 g/mol. The molecule has 20 heavy (non-hydrogen) atoms. The fraction of sp³-hybridized carbons (Fsp3) is 0.611. The highest BCUT2D eigenvalue weighted by atomic mass is 16.5. The third kappa shape index (κ3) is 6.74. The van der Waals surface area contributed by atoms with E-state index < -0.39 is 0 Å². The number of esters is 1. The van der Waals surface area contributed by atoms with Crippen LogP contribution in [-0.4, -0.2) is 12.1 Å². The number of unbranched alkanes of at least 4 members (excludes halogenated alkanes) is 4. The summed E-state index contributed by atoms with van der Waals surface area (Å²) >= 11 is 0. The van der Waals surface area contributed by atoms with E-state index in [1.54, 1.807) is 0 Å². The second kappa shape index (κ2) is 10.5. The standard InChI is InChI=1S/C18H28O2/c1-3-5-7-11-15-17(14-6-4-2)20-18(19)16-12-9-8-10-13-16/h8-10,12-13,17H,3-7,11,14-15H2,1-2H3. The zero-order chi connectivity index (χ0) is 14.6. The van der Waals surface area contributed by atoms with Crippen molar-refractivity contribution in [2.45, 2.75) is 71.3 Å². The predicted octanol–water partition coefficient (Wildman–Crippen LogP) is 5.37. The lowest BCUT2D eigenvalue weighted by molar-refractivity contribution is 0.0250. The highest BCUT2D eigenvalue weighted by Crippen LogP contribution is 2.16. The van der Waals surface area contributed by atoms with Gasteiger partial charge in [-0.25, -0.2) is 4.79 Å². The van der Waals surface area contributed by atoms with E-state index in [1.807, 2.05) is 30.3 Å². The van der Waals surface area contributed by atoms with E-state index in [0.717, 1.165) is 32.1 Å². The number of ether oxygens (including phenoxy) is 1. The van der Waals surface area contributed by atoms with E-state index in [1.165, 1.54) is 19.3 Å². The average Bonchev–Trinajstić information content (AvgIpc) is 2.49. The van der Waals surface area contributed by atoms with Crippen molar-refractivity contribution in [2.24, 2.45) is 0 Å². The minimum absolute atomic E-state index is 0.0829. The molecule has 0 aliphatic rings. The molecule has 0 aromatic heterocycles. The van der Waals surface area contributed by atoms with E-state index >= 15 is 0 Å². The molecule has 0 fully saturated rings. The van der Waals surface area contributed by atoms with Crippen molar-refractivity contribution in [2.75, 3.05) is 0 Å². The second-order valence-electron chi connectivity index (χ2n) is 5.38. The van der Waals surface area contributed by atoms with Gasteiger partial charge in [0, 0.05) is 0 Å². The molecule has 0 heterocycles. The maximum absolute atomic E-state index is 12.1. The highest BCUT2D eigenvalue weighted by molar-refractivity contribution is 5.89. The Bertz CT molecular complexity index is 359. The van der Waals surface area contributed by atoms with Crippen LogP contribution >= 0.6 is 0 Å². The normalized spacial score (nSPS) is 12.1. The first-order valence-corrected chi connectivity index (χ1v) is 8.04. The number of hydrogen-bond acceptors (Lipinski definition) is 2. The molecule has 1 rings (SSSR count). The van der Waals surface area contributed by atoms with E-state index in [2.05, 4.69) is 13.8 Å².